The summed E-state index contributed by atoms with van der Waals surface area (Å²) in [5.41, 5.74) is 1.10. The van der Waals surface area contributed by atoms with Gasteiger partial charge in [-0.05, 0) is 65.1 Å². The number of anilines is 1. The summed E-state index contributed by atoms with van der Waals surface area (Å²) in [6.07, 6.45) is 0. The van der Waals surface area contributed by atoms with Gasteiger partial charge in [-0.1, -0.05) is 0 Å². The summed E-state index contributed by atoms with van der Waals surface area (Å²) in [6, 6.07) is 9.91. The Morgan fingerprint density at radius 1 is 1.14 bits per heavy atom. The molecule has 21 heavy (non-hydrogen) atoms. The molecule has 0 aliphatic rings. The van der Waals surface area contributed by atoms with Crippen molar-refractivity contribution >= 4 is 40.2 Å². The minimum atomic E-state index is -1.02. The third kappa shape index (κ3) is 3.38. The highest BCUT2D eigenvalue weighted by molar-refractivity contribution is 14.1. The molecule has 1 N–H and O–H groups in total. The van der Waals surface area contributed by atoms with Gasteiger partial charge >= 0.3 is 5.97 Å². The van der Waals surface area contributed by atoms with Crippen molar-refractivity contribution in [2.24, 2.45) is 0 Å². The van der Waals surface area contributed by atoms with Crippen molar-refractivity contribution in [3.8, 4) is 0 Å². The molecule has 0 fully saturated rings. The average molecular weight is 399 g/mol. The molecule has 6 heteroatoms. The molecule has 0 heterocycles. The number of carbonyl (C=O) groups is 2. The molecular weight excluding hydrogens is 388 g/mol. The number of halogens is 2. The van der Waals surface area contributed by atoms with E-state index in [4.69, 9.17) is 5.11 Å². The maximum absolute atomic E-state index is 13.1. The zero-order valence-electron chi connectivity index (χ0n) is 11.0. The SMILES string of the molecule is CN(C(=O)c1ccc(F)cc1I)c1ccc(C(=O)O)cc1. The highest BCUT2D eigenvalue weighted by atomic mass is 127. The van der Waals surface area contributed by atoms with Crippen molar-refractivity contribution in [1.29, 1.82) is 0 Å². The standard InChI is InChI=1S/C15H11FINO3/c1-18(11-5-2-9(3-6-11)15(20)21)14(19)12-7-4-10(16)8-13(12)17/h2-8H,1H3,(H,20,21). The van der Waals surface area contributed by atoms with Crippen LogP contribution in [0.2, 0.25) is 0 Å². The van der Waals surface area contributed by atoms with Crippen LogP contribution in [0.25, 0.3) is 0 Å². The van der Waals surface area contributed by atoms with Gasteiger partial charge in [0.25, 0.3) is 5.91 Å². The van der Waals surface area contributed by atoms with Gasteiger partial charge in [-0.15, -0.1) is 0 Å². The molecule has 0 saturated carbocycles. The number of carbonyl (C=O) groups excluding carboxylic acids is 1. The van der Waals surface area contributed by atoms with Crippen molar-refractivity contribution in [2.75, 3.05) is 11.9 Å². The fraction of sp³-hybridized carbons (Fsp3) is 0.0667. The summed E-state index contributed by atoms with van der Waals surface area (Å²) in [5.74, 6) is -1.71. The Bertz CT molecular complexity index is 701. The number of aromatic carboxylic acids is 1. The Kier molecular flexibility index (Phi) is 4.56. The summed E-state index contributed by atoms with van der Waals surface area (Å²) in [5, 5.41) is 8.85. The van der Waals surface area contributed by atoms with Crippen LogP contribution in [0.15, 0.2) is 42.5 Å². The molecule has 0 unspecified atom stereocenters. The van der Waals surface area contributed by atoms with Gasteiger partial charge in [0, 0.05) is 16.3 Å². The molecule has 4 nitrogen and oxygen atoms in total. The number of amides is 1. The predicted octanol–water partition coefficient (Wildman–Crippen LogP) is 3.41. The first-order valence-electron chi connectivity index (χ1n) is 5.96. The molecule has 0 aliphatic carbocycles. The number of nitrogens with zero attached hydrogens (tertiary/aromatic N) is 1. The Morgan fingerprint density at radius 2 is 1.76 bits per heavy atom. The van der Waals surface area contributed by atoms with E-state index in [0.717, 1.165) is 0 Å². The third-order valence-electron chi connectivity index (χ3n) is 2.97. The van der Waals surface area contributed by atoms with Crippen LogP contribution in [-0.2, 0) is 0 Å². The molecule has 0 aliphatic heterocycles. The number of carboxylic acid groups (broad SMARTS) is 1. The fourth-order valence-corrected chi connectivity index (χ4v) is 2.50. The Labute approximate surface area is 134 Å². The van der Waals surface area contributed by atoms with E-state index in [-0.39, 0.29) is 11.5 Å². The van der Waals surface area contributed by atoms with Gasteiger partial charge in [0.2, 0.25) is 0 Å². The van der Waals surface area contributed by atoms with Gasteiger partial charge in [0.15, 0.2) is 0 Å². The first kappa shape index (κ1) is 15.4. The lowest BCUT2D eigenvalue weighted by Crippen LogP contribution is -2.27. The summed E-state index contributed by atoms with van der Waals surface area (Å²) in [4.78, 5) is 24.6. The molecular formula is C15H11FINO3. The predicted molar refractivity (Wildman–Crippen MR) is 85.3 cm³/mol. The van der Waals surface area contributed by atoms with Crippen LogP contribution >= 0.6 is 22.6 Å². The molecule has 0 spiro atoms. The monoisotopic (exact) mass is 399 g/mol. The van der Waals surface area contributed by atoms with Crippen molar-refractivity contribution < 1.29 is 19.1 Å². The molecule has 2 aromatic carbocycles. The van der Waals surface area contributed by atoms with Crippen molar-refractivity contribution in [3.63, 3.8) is 0 Å². The Balaban J connectivity index is 2.28. The van der Waals surface area contributed by atoms with Crippen LogP contribution in [0.4, 0.5) is 10.1 Å². The third-order valence-corrected chi connectivity index (χ3v) is 3.86. The first-order valence-corrected chi connectivity index (χ1v) is 7.04. The molecule has 108 valence electrons. The quantitative estimate of drug-likeness (QED) is 0.806. The van der Waals surface area contributed by atoms with Crippen molar-refractivity contribution in [3.05, 3.63) is 63.0 Å². The minimum Gasteiger partial charge on any atom is -0.478 e. The van der Waals surface area contributed by atoms with E-state index in [0.29, 0.717) is 14.8 Å². The highest BCUT2D eigenvalue weighted by Gasteiger charge is 2.17. The molecule has 0 saturated heterocycles. The number of hydrogen-bond acceptors (Lipinski definition) is 2. The van der Waals surface area contributed by atoms with Gasteiger partial charge in [0.1, 0.15) is 5.82 Å². The van der Waals surface area contributed by atoms with Gasteiger partial charge in [-0.2, -0.15) is 0 Å². The second-order valence-corrected chi connectivity index (χ2v) is 5.50. The van der Waals surface area contributed by atoms with Crippen LogP contribution in [0.5, 0.6) is 0 Å². The highest BCUT2D eigenvalue weighted by Crippen LogP contribution is 2.20. The van der Waals surface area contributed by atoms with Crippen molar-refractivity contribution in [2.45, 2.75) is 0 Å². The minimum absolute atomic E-state index is 0.149. The maximum Gasteiger partial charge on any atom is 0.335 e. The summed E-state index contributed by atoms with van der Waals surface area (Å²) in [7, 11) is 1.58. The van der Waals surface area contributed by atoms with Gasteiger partial charge in [0.05, 0.1) is 11.1 Å². The molecule has 2 rings (SSSR count). The molecule has 1 amide bonds. The second-order valence-electron chi connectivity index (χ2n) is 4.34. The van der Waals surface area contributed by atoms with Gasteiger partial charge < -0.3 is 10.0 Å². The molecule has 0 bridgehead atoms. The normalized spacial score (nSPS) is 10.2. The summed E-state index contributed by atoms with van der Waals surface area (Å²) >= 11 is 1.90. The zero-order chi connectivity index (χ0) is 15.6. The van der Waals surface area contributed by atoms with Crippen molar-refractivity contribution in [1.82, 2.24) is 0 Å². The molecule has 0 radical (unpaired) electrons. The van der Waals surface area contributed by atoms with Crippen LogP contribution in [0, 0.1) is 9.39 Å². The first-order chi connectivity index (χ1) is 9.90. The van der Waals surface area contributed by atoms with E-state index in [1.54, 1.807) is 19.2 Å². The summed E-state index contributed by atoms with van der Waals surface area (Å²) in [6.45, 7) is 0. The smallest absolute Gasteiger partial charge is 0.335 e. The average Bonchev–Trinajstić information content (AvgIpc) is 2.46. The lowest BCUT2D eigenvalue weighted by atomic mass is 10.1. The van der Waals surface area contributed by atoms with E-state index < -0.39 is 11.8 Å². The Morgan fingerprint density at radius 3 is 2.29 bits per heavy atom. The van der Waals surface area contributed by atoms with Crippen LogP contribution in [0.1, 0.15) is 20.7 Å². The van der Waals surface area contributed by atoms with E-state index in [9.17, 15) is 14.0 Å². The van der Waals surface area contributed by atoms with Crippen LogP contribution < -0.4 is 4.90 Å². The number of rotatable bonds is 3. The number of benzene rings is 2. The topological polar surface area (TPSA) is 57.6 Å². The molecule has 2 aromatic rings. The lowest BCUT2D eigenvalue weighted by molar-refractivity contribution is 0.0696. The van der Waals surface area contributed by atoms with Crippen LogP contribution in [-0.4, -0.2) is 24.0 Å². The van der Waals surface area contributed by atoms with Crippen LogP contribution in [0.3, 0.4) is 0 Å². The lowest BCUT2D eigenvalue weighted by Gasteiger charge is -2.18. The molecule has 0 aromatic heterocycles. The number of carboxylic acids is 1. The zero-order valence-corrected chi connectivity index (χ0v) is 13.2. The number of hydrogen-bond donors (Lipinski definition) is 1. The molecule has 0 atom stereocenters. The van der Waals surface area contributed by atoms with E-state index in [2.05, 4.69) is 0 Å². The van der Waals surface area contributed by atoms with E-state index in [1.807, 2.05) is 22.6 Å². The second kappa shape index (κ2) is 6.21. The van der Waals surface area contributed by atoms with E-state index >= 15 is 0 Å². The Hall–Kier alpha value is -1.96. The van der Waals surface area contributed by atoms with Gasteiger partial charge in [-0.3, -0.25) is 4.79 Å². The van der Waals surface area contributed by atoms with E-state index in [1.165, 1.54) is 35.2 Å². The van der Waals surface area contributed by atoms with Gasteiger partial charge in [-0.25, -0.2) is 9.18 Å². The largest absolute Gasteiger partial charge is 0.478 e. The summed E-state index contributed by atoms with van der Waals surface area (Å²) < 4.78 is 13.6. The fourth-order valence-electron chi connectivity index (χ4n) is 1.79. The maximum atomic E-state index is 13.1.